The number of aliphatic hydroxyl groups is 1. The lowest BCUT2D eigenvalue weighted by atomic mass is 9.85. The number of piperazine rings is 1. The molecule has 2 fully saturated rings. The van der Waals surface area contributed by atoms with Gasteiger partial charge in [0.25, 0.3) is 0 Å². The number of likely N-dealkylation sites (tertiary alicyclic amines) is 1. The molecule has 3 heterocycles. The third kappa shape index (κ3) is 13.2. The van der Waals surface area contributed by atoms with E-state index in [4.69, 9.17) is 16.6 Å². The van der Waals surface area contributed by atoms with E-state index >= 15 is 0 Å². The van der Waals surface area contributed by atoms with E-state index in [2.05, 4.69) is 15.6 Å². The number of aromatic hydroxyl groups is 1. The minimum absolute atomic E-state index is 0.0129. The Labute approximate surface area is 375 Å². The summed E-state index contributed by atoms with van der Waals surface area (Å²) in [4.78, 5) is 64.4. The maximum absolute atomic E-state index is 14.0. The number of nitrogens with one attached hydrogen (secondary N) is 4. The van der Waals surface area contributed by atoms with Crippen LogP contribution in [0.5, 0.6) is 5.75 Å². The van der Waals surface area contributed by atoms with Crippen molar-refractivity contribution in [3.8, 4) is 16.2 Å². The number of benzene rings is 2. The quantitative estimate of drug-likeness (QED) is 0.0459. The van der Waals surface area contributed by atoms with E-state index in [9.17, 15) is 29.4 Å². The molecule has 16 heteroatoms. The number of nitrogens with zero attached hydrogens (tertiary/aromatic N) is 4. The molecule has 0 spiro atoms. The van der Waals surface area contributed by atoms with Gasteiger partial charge in [0.1, 0.15) is 23.7 Å². The van der Waals surface area contributed by atoms with E-state index in [-0.39, 0.29) is 72.9 Å². The molecule has 8 N–H and O–H groups in total. The number of phenols is 1. The van der Waals surface area contributed by atoms with Crippen molar-refractivity contribution in [1.29, 1.82) is 10.8 Å². The third-order valence-electron chi connectivity index (χ3n) is 11.8. The number of β-amino-alcohol motifs (C(OH)–C–C–N with tert-alkyl or cyclic N) is 1. The number of carbonyl (C=O) groups excluding carboxylic acids is 4. The molecule has 340 valence electrons. The fraction of sp³-hybridized carbons (Fsp3) is 0.511. The standard InChI is InChI=1S/C47H65N9O6S/c1-30-27-54(37(44(49)50)25-36(48)35-14-12-13-15-39(35)58)22-23-55(30)41(60)17-11-9-7-6-8-10-16-40(59)53-43(47(3,4)5)46(62)56-28-34(57)24-38(56)45(61)51-26-32-18-20-33(21-19-32)42-31(2)52-29-63-42/h12-15,18-21,25,29-30,34,38,43,48,57-58H,6-11,16-17,22-24,26-28H2,1-5H3,(H3,49,50)(H,51,61)(H,53,59)/b37-25+,48-36?/t30?,34-,38+,43-/m1/s1. The number of nitrogens with two attached hydrogens (primary N) is 1. The smallest absolute Gasteiger partial charge is 0.246 e. The number of carbonyl (C=O) groups is 4. The second-order valence-corrected chi connectivity index (χ2v) is 18.7. The van der Waals surface area contributed by atoms with E-state index in [1.54, 1.807) is 29.5 Å². The van der Waals surface area contributed by atoms with E-state index in [0.717, 1.165) is 53.8 Å². The second kappa shape index (κ2) is 22.1. The van der Waals surface area contributed by atoms with E-state index in [1.807, 2.05) is 74.2 Å². The molecule has 3 aromatic rings. The van der Waals surface area contributed by atoms with Gasteiger partial charge in [0.15, 0.2) is 0 Å². The number of allylic oxidation sites excluding steroid dienone is 1. The fourth-order valence-corrected chi connectivity index (χ4v) is 9.04. The largest absolute Gasteiger partial charge is 0.507 e. The number of amides is 4. The zero-order valence-corrected chi connectivity index (χ0v) is 38.1. The summed E-state index contributed by atoms with van der Waals surface area (Å²) >= 11 is 1.58. The molecule has 5 rings (SSSR count). The van der Waals surface area contributed by atoms with Gasteiger partial charge in [-0.1, -0.05) is 82.9 Å². The SMILES string of the molecule is Cc1ncsc1-c1ccc(CNC(=O)[C@@H]2C[C@@H](O)CN2C(=O)[C@@H](NC(=O)CCCCCCCCC(=O)N2CCN(/C(=C/C(=N)c3ccccc3O)C(=N)N)CC2C)C(C)(C)C)cc1. The number of aromatic nitrogens is 1. The van der Waals surface area contributed by atoms with Crippen LogP contribution in [0, 0.1) is 23.2 Å². The fourth-order valence-electron chi connectivity index (χ4n) is 8.23. The Kier molecular flexibility index (Phi) is 17.0. The minimum Gasteiger partial charge on any atom is -0.507 e. The number of phenolic OH excluding ortho intramolecular Hbond substituents is 1. The van der Waals surface area contributed by atoms with Gasteiger partial charge in [-0.25, -0.2) is 4.98 Å². The molecule has 1 unspecified atom stereocenters. The molecule has 0 aliphatic carbocycles. The average Bonchev–Trinajstić information content (AvgIpc) is 3.86. The highest BCUT2D eigenvalue weighted by Gasteiger charge is 2.44. The molecule has 15 nitrogen and oxygen atoms in total. The molecule has 1 aromatic heterocycles. The van der Waals surface area contributed by atoms with E-state index in [0.29, 0.717) is 43.7 Å². The van der Waals surface area contributed by atoms with Crippen molar-refractivity contribution in [2.45, 2.75) is 123 Å². The lowest BCUT2D eigenvalue weighted by molar-refractivity contribution is -0.144. The summed E-state index contributed by atoms with van der Waals surface area (Å²) < 4.78 is 0. The van der Waals surface area contributed by atoms with Crippen molar-refractivity contribution in [2.24, 2.45) is 11.1 Å². The van der Waals surface area contributed by atoms with Gasteiger partial charge in [-0.05, 0) is 61.4 Å². The minimum atomic E-state index is -0.881. The molecule has 0 saturated carbocycles. The van der Waals surface area contributed by atoms with Gasteiger partial charge in [-0.3, -0.25) is 24.6 Å². The van der Waals surface area contributed by atoms with E-state index < -0.39 is 23.6 Å². The topological polar surface area (TPSA) is 229 Å². The first-order valence-corrected chi connectivity index (χ1v) is 22.8. The number of amidine groups is 1. The van der Waals surface area contributed by atoms with Crippen LogP contribution in [0.4, 0.5) is 0 Å². The molecular weight excluding hydrogens is 819 g/mol. The van der Waals surface area contributed by atoms with Gasteiger partial charge in [0.2, 0.25) is 23.6 Å². The van der Waals surface area contributed by atoms with Crippen molar-refractivity contribution in [1.82, 2.24) is 30.3 Å². The number of hydrogen-bond acceptors (Lipinski definition) is 11. The number of para-hydroxylation sites is 1. The van der Waals surface area contributed by atoms with Gasteiger partial charge in [0, 0.05) is 63.6 Å². The summed E-state index contributed by atoms with van der Waals surface area (Å²) in [6.07, 6.45) is 6.40. The number of aryl methyl sites for hydroxylation is 1. The molecule has 2 aliphatic heterocycles. The molecule has 4 amide bonds. The van der Waals surface area contributed by atoms with E-state index in [1.165, 1.54) is 17.0 Å². The highest BCUT2D eigenvalue weighted by atomic mass is 32.1. The first-order chi connectivity index (χ1) is 29.9. The Morgan fingerprint density at radius 3 is 2.24 bits per heavy atom. The maximum Gasteiger partial charge on any atom is 0.246 e. The summed E-state index contributed by atoms with van der Waals surface area (Å²) in [6.45, 7) is 11.2. The summed E-state index contributed by atoms with van der Waals surface area (Å²) in [5.41, 5.74) is 10.8. The Hall–Kier alpha value is -5.61. The van der Waals surface area contributed by atoms with Gasteiger partial charge < -0.3 is 46.7 Å². The summed E-state index contributed by atoms with van der Waals surface area (Å²) in [6, 6.07) is 12.6. The number of rotatable bonds is 19. The zero-order valence-electron chi connectivity index (χ0n) is 37.3. The highest BCUT2D eigenvalue weighted by molar-refractivity contribution is 7.13. The molecule has 2 aromatic carbocycles. The second-order valence-electron chi connectivity index (χ2n) is 17.8. The average molecular weight is 884 g/mol. The predicted octanol–water partition coefficient (Wildman–Crippen LogP) is 5.47. The van der Waals surface area contributed by atoms with Crippen molar-refractivity contribution >= 4 is 46.5 Å². The normalized spacial score (nSPS) is 18.5. The van der Waals surface area contributed by atoms with Crippen LogP contribution in [0.2, 0.25) is 0 Å². The molecule has 2 aliphatic rings. The molecule has 2 saturated heterocycles. The Balaban J connectivity index is 0.999. The molecular formula is C47H65N9O6S. The van der Waals surface area contributed by atoms with Gasteiger partial charge >= 0.3 is 0 Å². The van der Waals surface area contributed by atoms with Crippen LogP contribution in [-0.2, 0) is 25.7 Å². The first-order valence-electron chi connectivity index (χ1n) is 22.0. The lowest BCUT2D eigenvalue weighted by Crippen LogP contribution is -2.57. The van der Waals surface area contributed by atoms with Gasteiger partial charge in [-0.2, -0.15) is 0 Å². The number of unbranched alkanes of at least 4 members (excludes halogenated alkanes) is 5. The van der Waals surface area contributed by atoms with Crippen LogP contribution < -0.4 is 16.4 Å². The lowest BCUT2D eigenvalue weighted by Gasteiger charge is -2.41. The predicted molar refractivity (Wildman–Crippen MR) is 246 cm³/mol. The summed E-state index contributed by atoms with van der Waals surface area (Å²) in [7, 11) is 0. The molecule has 0 bridgehead atoms. The van der Waals surface area contributed by atoms with Crippen LogP contribution in [0.1, 0.15) is 102 Å². The van der Waals surface area contributed by atoms with Gasteiger partial charge in [0.05, 0.1) is 33.6 Å². The van der Waals surface area contributed by atoms with Crippen LogP contribution in [0.15, 0.2) is 65.8 Å². The summed E-state index contributed by atoms with van der Waals surface area (Å²) in [5, 5.41) is 43.2. The van der Waals surface area contributed by atoms with Crippen LogP contribution in [0.3, 0.4) is 0 Å². The van der Waals surface area contributed by atoms with Crippen molar-refractivity contribution in [3.63, 3.8) is 0 Å². The maximum atomic E-state index is 14.0. The van der Waals surface area contributed by atoms with Crippen LogP contribution >= 0.6 is 11.3 Å². The molecule has 4 atom stereocenters. The van der Waals surface area contributed by atoms with Crippen molar-refractivity contribution in [2.75, 3.05) is 26.2 Å². The Bertz CT molecular complexity index is 2130. The number of aliphatic hydroxyl groups excluding tert-OH is 1. The van der Waals surface area contributed by atoms with Crippen molar-refractivity contribution in [3.05, 3.63) is 82.6 Å². The van der Waals surface area contributed by atoms with Crippen LogP contribution in [0.25, 0.3) is 10.4 Å². The van der Waals surface area contributed by atoms with Crippen LogP contribution in [-0.4, -0.2) is 115 Å². The highest BCUT2D eigenvalue weighted by Crippen LogP contribution is 2.29. The third-order valence-corrected chi connectivity index (χ3v) is 12.8. The Morgan fingerprint density at radius 2 is 1.62 bits per heavy atom. The number of thiazole rings is 1. The monoisotopic (exact) mass is 883 g/mol. The van der Waals surface area contributed by atoms with Crippen molar-refractivity contribution < 1.29 is 29.4 Å². The molecule has 0 radical (unpaired) electrons. The summed E-state index contributed by atoms with van der Waals surface area (Å²) in [5.74, 6) is -1.10. The number of hydrogen-bond donors (Lipinski definition) is 7. The zero-order chi connectivity index (χ0) is 45.8. The van der Waals surface area contributed by atoms with Gasteiger partial charge in [-0.15, -0.1) is 11.3 Å². The Morgan fingerprint density at radius 1 is 0.952 bits per heavy atom. The molecule has 63 heavy (non-hydrogen) atoms. The first kappa shape index (κ1) is 48.4.